The van der Waals surface area contributed by atoms with Crippen molar-refractivity contribution in [1.82, 2.24) is 10.2 Å². The van der Waals surface area contributed by atoms with Crippen molar-refractivity contribution in [3.63, 3.8) is 0 Å². The molecule has 0 bridgehead atoms. The number of hydrogen-bond acceptors (Lipinski definition) is 10. The number of nitrogens with zero attached hydrogens (tertiary/aromatic N) is 1. The topological polar surface area (TPSA) is 183 Å². The number of phenols is 1. The van der Waals surface area contributed by atoms with Gasteiger partial charge >= 0.3 is 0 Å². The second-order valence-electron chi connectivity index (χ2n) is 11.3. The number of nitrogens with two attached hydrogens (primary N) is 1. The van der Waals surface area contributed by atoms with E-state index in [-0.39, 0.29) is 29.7 Å². The largest absolute Gasteiger partial charge is 0.510 e. The Kier molecular flexibility index (Phi) is 6.72. The highest BCUT2D eigenvalue weighted by Crippen LogP contribution is 2.53. The molecule has 1 aromatic rings. The number of hydrogen-bond donors (Lipinski definition) is 6. The second-order valence-corrected chi connectivity index (χ2v) is 11.3. The molecular formula is C28H35N3O8. The molecular weight excluding hydrogens is 506 g/mol. The summed E-state index contributed by atoms with van der Waals surface area (Å²) in [7, 11) is 4.68. The molecule has 0 saturated heterocycles. The molecule has 4 aliphatic carbocycles. The number of amides is 1. The number of aliphatic hydroxyl groups excluding tert-OH is 2. The van der Waals surface area contributed by atoms with Crippen molar-refractivity contribution < 1.29 is 39.5 Å². The number of methoxy groups -OCH3 is 1. The van der Waals surface area contributed by atoms with E-state index in [1.807, 2.05) is 0 Å². The van der Waals surface area contributed by atoms with Gasteiger partial charge in [0.05, 0.1) is 18.7 Å². The van der Waals surface area contributed by atoms with Crippen LogP contribution in [0.3, 0.4) is 0 Å². The first-order valence-corrected chi connectivity index (χ1v) is 13.2. The molecule has 0 heterocycles. The highest BCUT2D eigenvalue weighted by molar-refractivity contribution is 6.24. The van der Waals surface area contributed by atoms with Crippen LogP contribution in [-0.4, -0.2) is 82.2 Å². The van der Waals surface area contributed by atoms with Crippen LogP contribution in [0, 0.1) is 17.8 Å². The van der Waals surface area contributed by atoms with Gasteiger partial charge in [0.15, 0.2) is 11.4 Å². The van der Waals surface area contributed by atoms with E-state index in [0.717, 1.165) is 6.54 Å². The van der Waals surface area contributed by atoms with Crippen molar-refractivity contribution in [1.29, 1.82) is 0 Å². The minimum Gasteiger partial charge on any atom is -0.510 e. The van der Waals surface area contributed by atoms with Gasteiger partial charge in [-0.2, -0.15) is 0 Å². The molecule has 11 nitrogen and oxygen atoms in total. The zero-order valence-electron chi connectivity index (χ0n) is 22.3. The SMILES string of the molecule is COc1c(CNCC2CCC2)cc(O)c2c1C[C@H]1C[C@H]3[C@H](N(C)C)C(O)=C(C(N)=O)C(=O)[C@@]3(O)C(O)=C1C2=O. The fourth-order valence-corrected chi connectivity index (χ4v) is 6.86. The summed E-state index contributed by atoms with van der Waals surface area (Å²) in [6.07, 6.45) is 3.81. The maximum Gasteiger partial charge on any atom is 0.255 e. The first-order chi connectivity index (χ1) is 18.4. The van der Waals surface area contributed by atoms with Gasteiger partial charge in [0, 0.05) is 29.2 Å². The highest BCUT2D eigenvalue weighted by Gasteiger charge is 2.63. The molecule has 0 radical (unpaired) electrons. The zero-order valence-corrected chi connectivity index (χ0v) is 22.3. The molecule has 0 unspecified atom stereocenters. The number of likely N-dealkylation sites (N-methyl/N-ethyl adjacent to an activating group) is 1. The zero-order chi connectivity index (χ0) is 28.4. The molecule has 0 spiro atoms. The molecule has 11 heteroatoms. The maximum absolute atomic E-state index is 13.8. The molecule has 0 aromatic heterocycles. The van der Waals surface area contributed by atoms with Gasteiger partial charge in [-0.3, -0.25) is 19.3 Å². The highest BCUT2D eigenvalue weighted by atomic mass is 16.5. The van der Waals surface area contributed by atoms with Crippen LogP contribution in [0.4, 0.5) is 0 Å². The molecule has 4 aliphatic rings. The molecule has 4 atom stereocenters. The van der Waals surface area contributed by atoms with Crippen LogP contribution >= 0.6 is 0 Å². The van der Waals surface area contributed by atoms with E-state index in [0.29, 0.717) is 29.3 Å². The van der Waals surface area contributed by atoms with Gasteiger partial charge in [-0.05, 0) is 64.2 Å². The summed E-state index contributed by atoms with van der Waals surface area (Å²) in [5, 5.41) is 48.3. The van der Waals surface area contributed by atoms with Gasteiger partial charge in [-0.15, -0.1) is 0 Å². The number of fused-ring (bicyclic) bond motifs is 3. The number of benzene rings is 1. The van der Waals surface area contributed by atoms with Gasteiger partial charge in [-0.25, -0.2) is 0 Å². The van der Waals surface area contributed by atoms with Gasteiger partial charge in [0.2, 0.25) is 5.78 Å². The Morgan fingerprint density at radius 2 is 1.92 bits per heavy atom. The van der Waals surface area contributed by atoms with Crippen LogP contribution in [0.1, 0.15) is 47.2 Å². The fourth-order valence-electron chi connectivity index (χ4n) is 6.86. The number of carbonyl (C=O) groups excluding carboxylic acids is 3. The number of phenolic OH excluding ortho intramolecular Hbond substituents is 1. The third-order valence-corrected chi connectivity index (χ3v) is 8.93. The molecule has 1 saturated carbocycles. The van der Waals surface area contributed by atoms with Gasteiger partial charge in [0.25, 0.3) is 5.91 Å². The Morgan fingerprint density at radius 3 is 2.49 bits per heavy atom. The second kappa shape index (κ2) is 9.65. The van der Waals surface area contributed by atoms with Crippen LogP contribution in [0.5, 0.6) is 11.5 Å². The predicted molar refractivity (Wildman–Crippen MR) is 139 cm³/mol. The maximum atomic E-state index is 13.8. The Morgan fingerprint density at radius 1 is 1.23 bits per heavy atom. The standard InChI is InChI=1S/C28H35N3O8/c1-31(2)21-16-8-13-7-15-19(17(32)9-14(24(15)39-3)11-30-10-12-5-4-6-12)22(33)18(13)25(35)28(16,38)26(36)20(23(21)34)27(29)37/h9,12-13,16,21,30,32,34-35,38H,4-8,10-11H2,1-3H3,(H2,29,37)/t13-,16-,21-,28-/m0/s1. The summed E-state index contributed by atoms with van der Waals surface area (Å²) >= 11 is 0. The molecule has 39 heavy (non-hydrogen) atoms. The lowest BCUT2D eigenvalue weighted by molar-refractivity contribution is -0.148. The average molecular weight is 542 g/mol. The van der Waals surface area contributed by atoms with E-state index in [9.17, 15) is 34.8 Å². The molecule has 1 aromatic carbocycles. The van der Waals surface area contributed by atoms with Crippen LogP contribution in [0.2, 0.25) is 0 Å². The van der Waals surface area contributed by atoms with E-state index < -0.39 is 58.0 Å². The van der Waals surface area contributed by atoms with Crippen molar-refractivity contribution >= 4 is 17.5 Å². The van der Waals surface area contributed by atoms with Gasteiger partial charge in [-0.1, -0.05) is 6.42 Å². The number of aliphatic hydroxyl groups is 3. The lowest BCUT2D eigenvalue weighted by atomic mass is 9.58. The average Bonchev–Trinajstić information content (AvgIpc) is 2.82. The van der Waals surface area contributed by atoms with Crippen molar-refractivity contribution in [2.45, 2.75) is 50.3 Å². The van der Waals surface area contributed by atoms with E-state index in [1.165, 1.54) is 37.3 Å². The number of rotatable bonds is 7. The van der Waals surface area contributed by atoms with Crippen molar-refractivity contribution in [3.05, 3.63) is 45.4 Å². The fraction of sp³-hybridized carbons (Fsp3) is 0.536. The molecule has 0 aliphatic heterocycles. The Bertz CT molecular complexity index is 1330. The number of carbonyl (C=O) groups is 3. The van der Waals surface area contributed by atoms with Crippen LogP contribution in [0.25, 0.3) is 0 Å². The summed E-state index contributed by atoms with van der Waals surface area (Å²) in [5.41, 5.74) is 2.80. The van der Waals surface area contributed by atoms with E-state index in [1.54, 1.807) is 14.1 Å². The summed E-state index contributed by atoms with van der Waals surface area (Å²) in [6, 6.07) is 0.425. The minimum absolute atomic E-state index is 0.0276. The van der Waals surface area contributed by atoms with E-state index >= 15 is 0 Å². The van der Waals surface area contributed by atoms with Crippen LogP contribution in [-0.2, 0) is 22.6 Å². The lowest BCUT2D eigenvalue weighted by Crippen LogP contribution is -2.63. The summed E-state index contributed by atoms with van der Waals surface area (Å²) in [4.78, 5) is 40.8. The molecule has 1 amide bonds. The van der Waals surface area contributed by atoms with Crippen LogP contribution in [0.15, 0.2) is 28.7 Å². The Hall–Kier alpha value is -3.41. The van der Waals surface area contributed by atoms with Crippen molar-refractivity contribution in [2.75, 3.05) is 27.7 Å². The molecule has 7 N–H and O–H groups in total. The first-order valence-electron chi connectivity index (χ1n) is 13.2. The number of Topliss-reactive ketones (excluding diaryl/α,β-unsaturated/α-hetero) is 2. The third kappa shape index (κ3) is 3.94. The van der Waals surface area contributed by atoms with E-state index in [4.69, 9.17) is 10.5 Å². The monoisotopic (exact) mass is 541 g/mol. The minimum atomic E-state index is -2.66. The predicted octanol–water partition coefficient (Wildman–Crippen LogP) is 1.02. The Balaban J connectivity index is 1.60. The van der Waals surface area contributed by atoms with Crippen molar-refractivity contribution in [3.8, 4) is 11.5 Å². The smallest absolute Gasteiger partial charge is 0.255 e. The summed E-state index contributed by atoms with van der Waals surface area (Å²) < 4.78 is 5.72. The Labute approximate surface area is 225 Å². The number of allylic oxidation sites excluding steroid dienone is 1. The normalized spacial score (nSPS) is 28.7. The summed E-state index contributed by atoms with van der Waals surface area (Å²) in [5.74, 6) is -5.65. The van der Waals surface area contributed by atoms with Crippen LogP contribution < -0.4 is 15.8 Å². The number of primary amides is 1. The first kappa shape index (κ1) is 27.2. The molecule has 210 valence electrons. The number of ether oxygens (including phenoxy) is 1. The van der Waals surface area contributed by atoms with Gasteiger partial charge < -0.3 is 36.2 Å². The quantitative estimate of drug-likeness (QED) is 0.273. The third-order valence-electron chi connectivity index (χ3n) is 8.93. The number of ketones is 2. The number of nitrogens with one attached hydrogen (secondary N) is 1. The molecule has 5 rings (SSSR count). The van der Waals surface area contributed by atoms with Crippen molar-refractivity contribution in [2.24, 2.45) is 23.5 Å². The lowest BCUT2D eigenvalue weighted by Gasteiger charge is -2.50. The molecule has 1 fully saturated rings. The number of aromatic hydroxyl groups is 1. The summed E-state index contributed by atoms with van der Waals surface area (Å²) in [6.45, 7) is 1.27. The van der Waals surface area contributed by atoms with Gasteiger partial charge in [0.1, 0.15) is 28.6 Å². The van der Waals surface area contributed by atoms with E-state index in [2.05, 4.69) is 5.32 Å².